The molecule has 2 rings (SSSR count). The number of nitrogens with one attached hydrogen (secondary N) is 1. The Labute approximate surface area is 133 Å². The highest BCUT2D eigenvalue weighted by atomic mass is 16.5. The number of hydrogen-bond acceptors (Lipinski definition) is 4. The summed E-state index contributed by atoms with van der Waals surface area (Å²) in [6.07, 6.45) is 2.88. The lowest BCUT2D eigenvalue weighted by molar-refractivity contribution is -0.122. The number of carbonyl (C=O) groups is 2. The van der Waals surface area contributed by atoms with Gasteiger partial charge in [0.1, 0.15) is 5.75 Å². The minimum Gasteiger partial charge on any atom is -0.497 e. The van der Waals surface area contributed by atoms with Crippen molar-refractivity contribution >= 4 is 11.9 Å². The third-order valence-electron chi connectivity index (χ3n) is 3.42. The number of methoxy groups -OCH3 is 1. The molecule has 1 atom stereocenters. The van der Waals surface area contributed by atoms with Gasteiger partial charge in [0, 0.05) is 19.2 Å². The molecule has 7 heteroatoms. The lowest BCUT2D eigenvalue weighted by Crippen LogP contribution is -2.27. The highest BCUT2D eigenvalue weighted by Crippen LogP contribution is 2.18. The Bertz CT molecular complexity index is 696. The van der Waals surface area contributed by atoms with Gasteiger partial charge in [-0.1, -0.05) is 12.1 Å². The highest BCUT2D eigenvalue weighted by molar-refractivity contribution is 5.86. The first-order valence-corrected chi connectivity index (χ1v) is 7.18. The van der Waals surface area contributed by atoms with Gasteiger partial charge in [0.05, 0.1) is 24.9 Å². The first-order valence-electron chi connectivity index (χ1n) is 7.18. The molecule has 2 aromatic rings. The van der Waals surface area contributed by atoms with Crippen LogP contribution in [-0.4, -0.2) is 33.9 Å². The zero-order chi connectivity index (χ0) is 16.8. The Hall–Kier alpha value is -2.83. The summed E-state index contributed by atoms with van der Waals surface area (Å²) in [5, 5.41) is 15.6. The molecule has 0 aliphatic rings. The summed E-state index contributed by atoms with van der Waals surface area (Å²) in [6, 6.07) is 7.35. The van der Waals surface area contributed by atoms with Crippen LogP contribution in [0.2, 0.25) is 0 Å². The van der Waals surface area contributed by atoms with E-state index in [1.807, 2.05) is 31.2 Å². The number of amides is 1. The average Bonchev–Trinajstić information content (AvgIpc) is 3.02. The molecule has 0 aliphatic heterocycles. The summed E-state index contributed by atoms with van der Waals surface area (Å²) in [7, 11) is 1.60. The van der Waals surface area contributed by atoms with Gasteiger partial charge in [-0.15, -0.1) is 0 Å². The molecule has 1 unspecified atom stereocenters. The molecule has 0 saturated carbocycles. The zero-order valence-corrected chi connectivity index (χ0v) is 13.0. The average molecular weight is 317 g/mol. The van der Waals surface area contributed by atoms with Crippen molar-refractivity contribution in [3.63, 3.8) is 0 Å². The minimum atomic E-state index is -1.03. The molecule has 122 valence electrons. The number of carbonyl (C=O) groups excluding carboxylic acids is 1. The summed E-state index contributed by atoms with van der Waals surface area (Å²) in [6.45, 7) is 2.22. The fourth-order valence-electron chi connectivity index (χ4n) is 2.12. The Morgan fingerprint density at radius 2 is 2.22 bits per heavy atom. The molecule has 0 saturated heterocycles. The maximum Gasteiger partial charge on any atom is 0.338 e. The van der Waals surface area contributed by atoms with Gasteiger partial charge in [0.2, 0.25) is 5.91 Å². The van der Waals surface area contributed by atoms with Crippen molar-refractivity contribution in [1.82, 2.24) is 15.1 Å². The van der Waals surface area contributed by atoms with Gasteiger partial charge in [-0.25, -0.2) is 4.79 Å². The molecule has 1 aromatic carbocycles. The van der Waals surface area contributed by atoms with E-state index >= 15 is 0 Å². The summed E-state index contributed by atoms with van der Waals surface area (Å²) in [5.41, 5.74) is 1.06. The number of hydrogen-bond donors (Lipinski definition) is 2. The normalized spacial score (nSPS) is 11.7. The number of aryl methyl sites for hydroxylation is 1. The molecule has 0 spiro atoms. The number of benzene rings is 1. The molecule has 1 aromatic heterocycles. The Kier molecular flexibility index (Phi) is 5.35. The highest BCUT2D eigenvalue weighted by Gasteiger charge is 2.11. The van der Waals surface area contributed by atoms with Crippen molar-refractivity contribution in [3.05, 3.63) is 47.8 Å². The van der Waals surface area contributed by atoms with Crippen molar-refractivity contribution in [3.8, 4) is 5.75 Å². The van der Waals surface area contributed by atoms with Gasteiger partial charge in [0.15, 0.2) is 0 Å². The van der Waals surface area contributed by atoms with Crippen LogP contribution in [0, 0.1) is 0 Å². The fourth-order valence-corrected chi connectivity index (χ4v) is 2.12. The number of aromatic carboxylic acids is 1. The molecule has 0 radical (unpaired) electrons. The molecular formula is C16H19N3O4. The largest absolute Gasteiger partial charge is 0.497 e. The van der Waals surface area contributed by atoms with Crippen LogP contribution in [0.1, 0.15) is 35.3 Å². The van der Waals surface area contributed by atoms with E-state index in [0.29, 0.717) is 6.54 Å². The van der Waals surface area contributed by atoms with Gasteiger partial charge >= 0.3 is 5.97 Å². The number of carboxylic acids is 1. The van der Waals surface area contributed by atoms with Crippen molar-refractivity contribution in [2.24, 2.45) is 0 Å². The topological polar surface area (TPSA) is 93.5 Å². The second-order valence-electron chi connectivity index (χ2n) is 5.11. The smallest absolute Gasteiger partial charge is 0.338 e. The summed E-state index contributed by atoms with van der Waals surface area (Å²) in [4.78, 5) is 22.8. The van der Waals surface area contributed by atoms with E-state index < -0.39 is 5.97 Å². The van der Waals surface area contributed by atoms with Gasteiger partial charge in [-0.3, -0.25) is 9.48 Å². The third kappa shape index (κ3) is 4.57. The molecule has 0 aliphatic carbocycles. The van der Waals surface area contributed by atoms with E-state index in [1.165, 1.54) is 17.1 Å². The van der Waals surface area contributed by atoms with Crippen LogP contribution in [0.3, 0.4) is 0 Å². The van der Waals surface area contributed by atoms with Crippen molar-refractivity contribution in [1.29, 1.82) is 0 Å². The van der Waals surface area contributed by atoms with E-state index in [2.05, 4.69) is 10.4 Å². The van der Waals surface area contributed by atoms with Gasteiger partial charge in [-0.05, 0) is 24.6 Å². The Balaban J connectivity index is 1.87. The van der Waals surface area contributed by atoms with Crippen molar-refractivity contribution in [2.45, 2.75) is 25.9 Å². The summed E-state index contributed by atoms with van der Waals surface area (Å²) >= 11 is 0. The lowest BCUT2D eigenvalue weighted by atomic mass is 10.1. The van der Waals surface area contributed by atoms with Crippen LogP contribution < -0.4 is 10.1 Å². The Morgan fingerprint density at radius 1 is 1.43 bits per heavy atom. The van der Waals surface area contributed by atoms with E-state index in [0.717, 1.165) is 11.3 Å². The Morgan fingerprint density at radius 3 is 2.87 bits per heavy atom. The van der Waals surface area contributed by atoms with Crippen LogP contribution in [-0.2, 0) is 11.3 Å². The van der Waals surface area contributed by atoms with Gasteiger partial charge in [-0.2, -0.15) is 5.10 Å². The number of aromatic nitrogens is 2. The quantitative estimate of drug-likeness (QED) is 0.813. The van der Waals surface area contributed by atoms with E-state index in [9.17, 15) is 9.59 Å². The molecular weight excluding hydrogens is 298 g/mol. The minimum absolute atomic E-state index is 0.107. The molecule has 1 heterocycles. The maximum absolute atomic E-state index is 12.0. The summed E-state index contributed by atoms with van der Waals surface area (Å²) < 4.78 is 6.61. The summed E-state index contributed by atoms with van der Waals surface area (Å²) in [5.74, 6) is -0.429. The van der Waals surface area contributed by atoms with Gasteiger partial charge in [0.25, 0.3) is 0 Å². The van der Waals surface area contributed by atoms with Crippen LogP contribution in [0.5, 0.6) is 5.75 Å². The van der Waals surface area contributed by atoms with E-state index in [1.54, 1.807) is 7.11 Å². The first kappa shape index (κ1) is 16.5. The predicted octanol–water partition coefficient (Wildman–Crippen LogP) is 1.86. The molecule has 2 N–H and O–H groups in total. The predicted molar refractivity (Wildman–Crippen MR) is 83.4 cm³/mol. The standard InChI is InChI=1S/C16H19N3O4/c1-11(12-4-3-5-14(8-12)23-2)18-15(20)6-7-19-10-13(9-17-19)16(21)22/h3-5,8-11H,6-7H2,1-2H3,(H,18,20)(H,21,22). The number of nitrogens with zero attached hydrogens (tertiary/aromatic N) is 2. The molecule has 23 heavy (non-hydrogen) atoms. The van der Waals surface area contributed by atoms with Crippen molar-refractivity contribution < 1.29 is 19.4 Å². The van der Waals surface area contributed by atoms with Crippen LogP contribution in [0.25, 0.3) is 0 Å². The zero-order valence-electron chi connectivity index (χ0n) is 13.0. The maximum atomic E-state index is 12.0. The fraction of sp³-hybridized carbons (Fsp3) is 0.312. The van der Waals surface area contributed by atoms with Gasteiger partial charge < -0.3 is 15.2 Å². The number of ether oxygens (including phenoxy) is 1. The first-order chi connectivity index (χ1) is 11.0. The molecule has 1 amide bonds. The molecule has 0 bridgehead atoms. The second-order valence-corrected chi connectivity index (χ2v) is 5.11. The third-order valence-corrected chi connectivity index (χ3v) is 3.42. The van der Waals surface area contributed by atoms with Crippen molar-refractivity contribution in [2.75, 3.05) is 7.11 Å². The lowest BCUT2D eigenvalue weighted by Gasteiger charge is -2.15. The number of carboxylic acid groups (broad SMARTS) is 1. The SMILES string of the molecule is COc1cccc(C(C)NC(=O)CCn2cc(C(=O)O)cn2)c1. The second kappa shape index (κ2) is 7.44. The van der Waals surface area contributed by atoms with E-state index in [4.69, 9.17) is 9.84 Å². The van der Waals surface area contributed by atoms with Crippen LogP contribution in [0.15, 0.2) is 36.7 Å². The number of rotatable bonds is 7. The van der Waals surface area contributed by atoms with Crippen LogP contribution in [0.4, 0.5) is 0 Å². The molecule has 0 fully saturated rings. The monoisotopic (exact) mass is 317 g/mol. The molecule has 7 nitrogen and oxygen atoms in total. The van der Waals surface area contributed by atoms with E-state index in [-0.39, 0.29) is 23.9 Å². The van der Waals surface area contributed by atoms with Crippen LogP contribution >= 0.6 is 0 Å².